The van der Waals surface area contributed by atoms with E-state index in [1.807, 2.05) is 28.9 Å². The Morgan fingerprint density at radius 2 is 2.17 bits per heavy atom. The minimum absolute atomic E-state index is 0.0990. The molecule has 0 spiro atoms. The van der Waals surface area contributed by atoms with Crippen molar-refractivity contribution in [2.24, 2.45) is 0 Å². The summed E-state index contributed by atoms with van der Waals surface area (Å²) < 4.78 is 2.92. The van der Waals surface area contributed by atoms with Crippen LogP contribution < -0.4 is 5.32 Å². The summed E-state index contributed by atoms with van der Waals surface area (Å²) in [4.78, 5) is 18.9. The number of terminal acetylenes is 1. The van der Waals surface area contributed by atoms with Crippen molar-refractivity contribution < 1.29 is 4.79 Å². The van der Waals surface area contributed by atoms with Crippen LogP contribution in [-0.2, 0) is 6.54 Å². The van der Waals surface area contributed by atoms with E-state index in [-0.39, 0.29) is 12.1 Å². The van der Waals surface area contributed by atoms with E-state index in [2.05, 4.69) is 32.2 Å². The molecule has 0 atom stereocenters. The maximum absolute atomic E-state index is 12.6. The SMILES string of the molecule is C#CCN(C(=O)NCc1cn2cc(Br)ccc2n1)C1CCCCC1. The minimum Gasteiger partial charge on any atom is -0.332 e. The van der Waals surface area contributed by atoms with E-state index in [1.54, 1.807) is 4.90 Å². The third kappa shape index (κ3) is 3.90. The zero-order valence-electron chi connectivity index (χ0n) is 13.5. The van der Waals surface area contributed by atoms with Gasteiger partial charge in [-0.05, 0) is 40.9 Å². The van der Waals surface area contributed by atoms with Crippen LogP contribution in [0.15, 0.2) is 29.0 Å². The van der Waals surface area contributed by atoms with Gasteiger partial charge in [0.2, 0.25) is 0 Å². The number of carbonyl (C=O) groups is 1. The second kappa shape index (κ2) is 7.71. The highest BCUT2D eigenvalue weighted by Crippen LogP contribution is 2.22. The van der Waals surface area contributed by atoms with Gasteiger partial charge in [0.25, 0.3) is 0 Å². The number of carbonyl (C=O) groups excluding carboxylic acids is 1. The summed E-state index contributed by atoms with van der Waals surface area (Å²) in [6, 6.07) is 4.04. The number of nitrogens with zero attached hydrogens (tertiary/aromatic N) is 3. The lowest BCUT2D eigenvalue weighted by Gasteiger charge is -2.33. The number of pyridine rings is 1. The Labute approximate surface area is 150 Å². The Balaban J connectivity index is 1.64. The third-order valence-electron chi connectivity index (χ3n) is 4.42. The number of hydrogen-bond donors (Lipinski definition) is 1. The largest absolute Gasteiger partial charge is 0.332 e. The number of rotatable bonds is 4. The fourth-order valence-electron chi connectivity index (χ4n) is 3.23. The zero-order chi connectivity index (χ0) is 16.9. The number of amides is 2. The van der Waals surface area contributed by atoms with Crippen LogP contribution in [-0.4, -0.2) is 32.9 Å². The van der Waals surface area contributed by atoms with Crippen LogP contribution in [0.4, 0.5) is 4.79 Å². The first-order valence-electron chi connectivity index (χ1n) is 8.28. The van der Waals surface area contributed by atoms with E-state index < -0.39 is 0 Å². The molecule has 1 saturated carbocycles. The first kappa shape index (κ1) is 16.8. The van der Waals surface area contributed by atoms with E-state index in [0.29, 0.717) is 13.1 Å². The van der Waals surface area contributed by atoms with Crippen LogP contribution in [0.3, 0.4) is 0 Å². The van der Waals surface area contributed by atoms with Gasteiger partial charge in [0, 0.05) is 22.9 Å². The van der Waals surface area contributed by atoms with Gasteiger partial charge in [0.1, 0.15) is 5.65 Å². The van der Waals surface area contributed by atoms with Crippen molar-refractivity contribution in [3.63, 3.8) is 0 Å². The summed E-state index contributed by atoms with van der Waals surface area (Å²) >= 11 is 3.44. The Morgan fingerprint density at radius 3 is 2.92 bits per heavy atom. The number of halogens is 1. The third-order valence-corrected chi connectivity index (χ3v) is 4.89. The molecule has 0 radical (unpaired) electrons. The summed E-state index contributed by atoms with van der Waals surface area (Å²) in [5.41, 5.74) is 1.68. The normalized spacial score (nSPS) is 15.2. The van der Waals surface area contributed by atoms with Crippen molar-refractivity contribution >= 4 is 27.6 Å². The molecule has 0 saturated heterocycles. The van der Waals surface area contributed by atoms with E-state index >= 15 is 0 Å². The van der Waals surface area contributed by atoms with Crippen LogP contribution in [0.2, 0.25) is 0 Å². The molecule has 1 aliphatic rings. The van der Waals surface area contributed by atoms with Gasteiger partial charge in [0.15, 0.2) is 0 Å². The van der Waals surface area contributed by atoms with Gasteiger partial charge >= 0.3 is 6.03 Å². The van der Waals surface area contributed by atoms with Crippen LogP contribution in [0.25, 0.3) is 5.65 Å². The van der Waals surface area contributed by atoms with E-state index in [1.165, 1.54) is 19.3 Å². The van der Waals surface area contributed by atoms with E-state index in [0.717, 1.165) is 28.7 Å². The molecule has 2 aromatic heterocycles. The molecule has 3 rings (SSSR count). The predicted molar refractivity (Wildman–Crippen MR) is 97.5 cm³/mol. The molecule has 2 heterocycles. The van der Waals surface area contributed by atoms with Gasteiger partial charge in [-0.25, -0.2) is 9.78 Å². The number of aromatic nitrogens is 2. The molecular weight excluding hydrogens is 368 g/mol. The second-order valence-electron chi connectivity index (χ2n) is 6.13. The van der Waals surface area contributed by atoms with Crippen molar-refractivity contribution in [2.45, 2.75) is 44.7 Å². The summed E-state index contributed by atoms with van der Waals surface area (Å²) in [6.45, 7) is 0.751. The molecule has 6 heteroatoms. The fourth-order valence-corrected chi connectivity index (χ4v) is 3.58. The van der Waals surface area contributed by atoms with Gasteiger partial charge in [0.05, 0.1) is 18.8 Å². The monoisotopic (exact) mass is 388 g/mol. The van der Waals surface area contributed by atoms with E-state index in [4.69, 9.17) is 6.42 Å². The van der Waals surface area contributed by atoms with Crippen LogP contribution in [0.5, 0.6) is 0 Å². The molecule has 0 bridgehead atoms. The Morgan fingerprint density at radius 1 is 1.38 bits per heavy atom. The van der Waals surface area contributed by atoms with E-state index in [9.17, 15) is 4.79 Å². The number of urea groups is 1. The average Bonchev–Trinajstić information content (AvgIpc) is 3.00. The first-order chi connectivity index (χ1) is 11.7. The Kier molecular flexibility index (Phi) is 5.41. The Hall–Kier alpha value is -2.00. The highest BCUT2D eigenvalue weighted by molar-refractivity contribution is 9.10. The summed E-state index contributed by atoms with van der Waals surface area (Å²) in [7, 11) is 0. The smallest absolute Gasteiger partial charge is 0.318 e. The topological polar surface area (TPSA) is 49.6 Å². The molecule has 126 valence electrons. The van der Waals surface area contributed by atoms with Crippen molar-refractivity contribution in [1.29, 1.82) is 0 Å². The molecular formula is C18H21BrN4O. The molecule has 0 aromatic carbocycles. The standard InChI is InChI=1S/C18H21BrN4O/c1-2-10-23(16-6-4-3-5-7-16)18(24)20-11-15-13-22-12-14(19)8-9-17(22)21-15/h1,8-9,12-13,16H,3-7,10-11H2,(H,20,24). The Bertz CT molecular complexity index is 758. The molecule has 5 nitrogen and oxygen atoms in total. The van der Waals surface area contributed by atoms with Crippen molar-refractivity contribution in [3.05, 3.63) is 34.7 Å². The summed E-state index contributed by atoms with van der Waals surface area (Å²) in [5.74, 6) is 2.61. The molecule has 1 N–H and O–H groups in total. The molecule has 0 aliphatic heterocycles. The quantitative estimate of drug-likeness (QED) is 0.813. The van der Waals surface area contributed by atoms with Crippen molar-refractivity contribution in [2.75, 3.05) is 6.54 Å². The molecule has 24 heavy (non-hydrogen) atoms. The van der Waals surface area contributed by atoms with Gasteiger partial charge in [-0.3, -0.25) is 0 Å². The highest BCUT2D eigenvalue weighted by Gasteiger charge is 2.24. The first-order valence-corrected chi connectivity index (χ1v) is 9.08. The molecule has 2 aromatic rings. The maximum Gasteiger partial charge on any atom is 0.318 e. The van der Waals surface area contributed by atoms with Gasteiger partial charge in [-0.15, -0.1) is 6.42 Å². The maximum atomic E-state index is 12.6. The van der Waals surface area contributed by atoms with Crippen LogP contribution in [0, 0.1) is 12.3 Å². The molecule has 1 aliphatic carbocycles. The van der Waals surface area contributed by atoms with Crippen LogP contribution >= 0.6 is 15.9 Å². The molecule has 1 fully saturated rings. The van der Waals surface area contributed by atoms with Crippen molar-refractivity contribution in [1.82, 2.24) is 19.6 Å². The number of nitrogens with one attached hydrogen (secondary N) is 1. The van der Waals surface area contributed by atoms with Gasteiger partial charge in [-0.2, -0.15) is 0 Å². The number of hydrogen-bond acceptors (Lipinski definition) is 2. The van der Waals surface area contributed by atoms with Crippen LogP contribution in [0.1, 0.15) is 37.8 Å². The van der Waals surface area contributed by atoms with Gasteiger partial charge in [-0.1, -0.05) is 25.2 Å². The molecule has 0 unspecified atom stereocenters. The average molecular weight is 389 g/mol. The minimum atomic E-state index is -0.0990. The summed E-state index contributed by atoms with van der Waals surface area (Å²) in [5, 5.41) is 2.96. The summed E-state index contributed by atoms with van der Waals surface area (Å²) in [6.07, 6.45) is 15.0. The van der Waals surface area contributed by atoms with Crippen molar-refractivity contribution in [3.8, 4) is 12.3 Å². The second-order valence-corrected chi connectivity index (χ2v) is 7.04. The predicted octanol–water partition coefficient (Wildman–Crippen LogP) is 3.57. The number of imidazole rings is 1. The lowest BCUT2D eigenvalue weighted by molar-refractivity contribution is 0.165. The lowest BCUT2D eigenvalue weighted by Crippen LogP contribution is -2.46. The highest BCUT2D eigenvalue weighted by atomic mass is 79.9. The number of fused-ring (bicyclic) bond motifs is 1. The van der Waals surface area contributed by atoms with Gasteiger partial charge < -0.3 is 14.6 Å². The lowest BCUT2D eigenvalue weighted by atomic mass is 9.94. The fraction of sp³-hybridized carbons (Fsp3) is 0.444. The zero-order valence-corrected chi connectivity index (χ0v) is 15.1. The molecule has 2 amide bonds.